The number of aromatic amines is 1. The van der Waals surface area contributed by atoms with Gasteiger partial charge < -0.3 is 10.3 Å². The molecule has 3 aromatic rings. The highest BCUT2D eigenvalue weighted by molar-refractivity contribution is 5.93. The van der Waals surface area contributed by atoms with Crippen LogP contribution in [0.1, 0.15) is 48.6 Å². The van der Waals surface area contributed by atoms with E-state index in [1.54, 1.807) is 0 Å². The number of benzene rings is 1. The number of carbonyl (C=O) groups is 1. The van der Waals surface area contributed by atoms with Gasteiger partial charge in [0.2, 0.25) is 5.91 Å². The van der Waals surface area contributed by atoms with Gasteiger partial charge in [-0.1, -0.05) is 6.07 Å². The topological polar surface area (TPSA) is 78.8 Å². The Labute approximate surface area is 165 Å². The van der Waals surface area contributed by atoms with Gasteiger partial charge in [0.05, 0.1) is 40.7 Å². The molecule has 148 valence electrons. The van der Waals surface area contributed by atoms with Gasteiger partial charge in [0.15, 0.2) is 0 Å². The number of aromatic nitrogens is 4. The number of likely N-dealkylation sites (tertiary alicyclic amines) is 1. The summed E-state index contributed by atoms with van der Waals surface area (Å²) in [4.78, 5) is 23.2. The van der Waals surface area contributed by atoms with Gasteiger partial charge in [-0.25, -0.2) is 4.98 Å². The minimum Gasteiger partial charge on any atom is -0.341 e. The van der Waals surface area contributed by atoms with Crippen molar-refractivity contribution in [1.29, 1.82) is 0 Å². The molecular weight excluding hydrogens is 352 g/mol. The van der Waals surface area contributed by atoms with Crippen LogP contribution in [-0.4, -0.2) is 43.6 Å². The van der Waals surface area contributed by atoms with Gasteiger partial charge in [-0.2, -0.15) is 5.10 Å². The number of hydrogen-bond acceptors (Lipinski definition) is 4. The van der Waals surface area contributed by atoms with Crippen LogP contribution in [0.25, 0.3) is 11.0 Å². The average Bonchev–Trinajstić information content (AvgIpc) is 3.34. The molecule has 0 aliphatic carbocycles. The number of aryl methyl sites for hydroxylation is 3. The first-order valence-electron chi connectivity index (χ1n) is 10.0. The second kappa shape index (κ2) is 7.39. The van der Waals surface area contributed by atoms with Gasteiger partial charge in [-0.05, 0) is 64.8 Å². The molecule has 7 heteroatoms. The molecule has 7 nitrogen and oxygen atoms in total. The number of hydrogen-bond donors (Lipinski definition) is 2. The van der Waals surface area contributed by atoms with E-state index in [4.69, 9.17) is 4.98 Å². The summed E-state index contributed by atoms with van der Waals surface area (Å²) in [6, 6.07) is 6.40. The van der Waals surface area contributed by atoms with Crippen LogP contribution in [0.3, 0.4) is 0 Å². The predicted molar refractivity (Wildman–Crippen MR) is 110 cm³/mol. The molecule has 1 saturated heterocycles. The van der Waals surface area contributed by atoms with Crippen LogP contribution in [0.15, 0.2) is 18.2 Å². The number of anilines is 1. The minimum atomic E-state index is 0.000656. The largest absolute Gasteiger partial charge is 0.341 e. The van der Waals surface area contributed by atoms with Crippen molar-refractivity contribution in [3.05, 3.63) is 41.0 Å². The Morgan fingerprint density at radius 1 is 1.32 bits per heavy atom. The molecule has 28 heavy (non-hydrogen) atoms. The lowest BCUT2D eigenvalue weighted by molar-refractivity contribution is -0.117. The molecule has 0 bridgehead atoms. The average molecular weight is 380 g/mol. The van der Waals surface area contributed by atoms with Crippen LogP contribution in [0.4, 0.5) is 5.69 Å². The van der Waals surface area contributed by atoms with Gasteiger partial charge in [0.1, 0.15) is 5.82 Å². The van der Waals surface area contributed by atoms with Crippen LogP contribution < -0.4 is 5.32 Å². The summed E-state index contributed by atoms with van der Waals surface area (Å²) in [6.45, 7) is 10.1. The van der Waals surface area contributed by atoms with Gasteiger partial charge in [0, 0.05) is 6.54 Å². The molecule has 1 amide bonds. The zero-order valence-corrected chi connectivity index (χ0v) is 17.0. The maximum atomic E-state index is 12.7. The maximum absolute atomic E-state index is 12.7. The van der Waals surface area contributed by atoms with Crippen molar-refractivity contribution >= 4 is 22.6 Å². The van der Waals surface area contributed by atoms with E-state index in [0.717, 1.165) is 59.9 Å². The molecule has 0 saturated carbocycles. The maximum Gasteiger partial charge on any atom is 0.238 e. The summed E-state index contributed by atoms with van der Waals surface area (Å²) < 4.78 is 1.92. The van der Waals surface area contributed by atoms with Crippen molar-refractivity contribution < 1.29 is 4.79 Å². The smallest absolute Gasteiger partial charge is 0.238 e. The van der Waals surface area contributed by atoms with Crippen molar-refractivity contribution in [2.45, 2.75) is 53.1 Å². The van der Waals surface area contributed by atoms with E-state index in [1.807, 2.05) is 24.6 Å². The molecule has 0 spiro atoms. The third-order valence-electron chi connectivity index (χ3n) is 5.63. The molecule has 1 aromatic carbocycles. The zero-order valence-electron chi connectivity index (χ0n) is 17.0. The normalized spacial score (nSPS) is 17.5. The number of H-pyrrole nitrogens is 1. The van der Waals surface area contributed by atoms with Crippen LogP contribution in [0.5, 0.6) is 0 Å². The molecule has 1 atom stereocenters. The molecule has 2 aromatic heterocycles. The van der Waals surface area contributed by atoms with Gasteiger partial charge in [-0.15, -0.1) is 0 Å². The van der Waals surface area contributed by atoms with Crippen molar-refractivity contribution in [2.75, 3.05) is 18.4 Å². The standard InChI is InChI=1S/C21H28N6O/c1-5-27-15(4)20(14(3)25-27)24-19(28)12-26-10-6-7-18(26)21-22-16-9-8-13(2)11-17(16)23-21/h8-9,11,18H,5-7,10,12H2,1-4H3,(H,22,23)(H,24,28)/t18-/m0/s1. The molecule has 3 heterocycles. The summed E-state index contributed by atoms with van der Waals surface area (Å²) >= 11 is 0. The van der Waals surface area contributed by atoms with Crippen molar-refractivity contribution in [3.8, 4) is 0 Å². The molecule has 0 unspecified atom stereocenters. The molecule has 1 aliphatic heterocycles. The third kappa shape index (κ3) is 3.42. The molecule has 1 fully saturated rings. The van der Waals surface area contributed by atoms with E-state index in [2.05, 4.69) is 46.3 Å². The monoisotopic (exact) mass is 380 g/mol. The lowest BCUT2D eigenvalue weighted by Crippen LogP contribution is -2.33. The number of amides is 1. The first-order chi connectivity index (χ1) is 13.5. The quantitative estimate of drug-likeness (QED) is 0.710. The number of fused-ring (bicyclic) bond motifs is 1. The molecule has 4 rings (SSSR count). The molecule has 1 aliphatic rings. The minimum absolute atomic E-state index is 0.000656. The van der Waals surface area contributed by atoms with E-state index in [1.165, 1.54) is 5.56 Å². The Bertz CT molecular complexity index is 1020. The van der Waals surface area contributed by atoms with Crippen LogP contribution in [0.2, 0.25) is 0 Å². The van der Waals surface area contributed by atoms with Gasteiger partial charge in [-0.3, -0.25) is 14.4 Å². The van der Waals surface area contributed by atoms with Crippen molar-refractivity contribution in [1.82, 2.24) is 24.6 Å². The third-order valence-corrected chi connectivity index (χ3v) is 5.63. The number of nitrogens with one attached hydrogen (secondary N) is 2. The Morgan fingerprint density at radius 2 is 2.14 bits per heavy atom. The molecular formula is C21H28N6O. The summed E-state index contributed by atoms with van der Waals surface area (Å²) in [5.41, 5.74) is 5.95. The summed E-state index contributed by atoms with van der Waals surface area (Å²) in [5, 5.41) is 7.55. The fraction of sp³-hybridized carbons (Fsp3) is 0.476. The van der Waals surface area contributed by atoms with E-state index in [0.29, 0.717) is 6.54 Å². The van der Waals surface area contributed by atoms with Crippen LogP contribution in [0, 0.1) is 20.8 Å². The Hall–Kier alpha value is -2.67. The van der Waals surface area contributed by atoms with Gasteiger partial charge in [0.25, 0.3) is 0 Å². The first-order valence-corrected chi connectivity index (χ1v) is 10.0. The van der Waals surface area contributed by atoms with E-state index < -0.39 is 0 Å². The second-order valence-electron chi connectivity index (χ2n) is 7.68. The van der Waals surface area contributed by atoms with E-state index >= 15 is 0 Å². The first kappa shape index (κ1) is 18.7. The highest BCUT2D eigenvalue weighted by Gasteiger charge is 2.30. The Kier molecular flexibility index (Phi) is 4.93. The fourth-order valence-electron chi connectivity index (χ4n) is 4.18. The number of carbonyl (C=O) groups excluding carboxylic acids is 1. The second-order valence-corrected chi connectivity index (χ2v) is 7.68. The number of imidazole rings is 1. The van der Waals surface area contributed by atoms with E-state index in [9.17, 15) is 4.79 Å². The van der Waals surface area contributed by atoms with Gasteiger partial charge >= 0.3 is 0 Å². The highest BCUT2D eigenvalue weighted by Crippen LogP contribution is 2.31. The number of nitrogens with zero attached hydrogens (tertiary/aromatic N) is 4. The zero-order chi connectivity index (χ0) is 19.8. The Morgan fingerprint density at radius 3 is 2.89 bits per heavy atom. The van der Waals surface area contributed by atoms with Crippen molar-refractivity contribution in [2.24, 2.45) is 0 Å². The van der Waals surface area contributed by atoms with Crippen molar-refractivity contribution in [3.63, 3.8) is 0 Å². The fourth-order valence-corrected chi connectivity index (χ4v) is 4.18. The Balaban J connectivity index is 1.49. The van der Waals surface area contributed by atoms with Crippen LogP contribution >= 0.6 is 0 Å². The van der Waals surface area contributed by atoms with Crippen LogP contribution in [-0.2, 0) is 11.3 Å². The van der Waals surface area contributed by atoms with E-state index in [-0.39, 0.29) is 11.9 Å². The molecule has 0 radical (unpaired) electrons. The predicted octanol–water partition coefficient (Wildman–Crippen LogP) is 3.48. The number of rotatable bonds is 5. The summed E-state index contributed by atoms with van der Waals surface area (Å²) in [7, 11) is 0. The SMILES string of the molecule is CCn1nc(C)c(NC(=O)CN2CCC[C@H]2c2nc3ccc(C)cc3[nH]2)c1C. The summed E-state index contributed by atoms with van der Waals surface area (Å²) in [5.74, 6) is 0.956. The lowest BCUT2D eigenvalue weighted by atomic mass is 10.2. The molecule has 2 N–H and O–H groups in total. The summed E-state index contributed by atoms with van der Waals surface area (Å²) in [6.07, 6.45) is 2.08. The highest BCUT2D eigenvalue weighted by atomic mass is 16.2. The lowest BCUT2D eigenvalue weighted by Gasteiger charge is -2.22.